The third-order valence-electron chi connectivity index (χ3n) is 4.58. The molecule has 0 N–H and O–H groups in total. The predicted octanol–water partition coefficient (Wildman–Crippen LogP) is 3.10. The van der Waals surface area contributed by atoms with Crippen LogP contribution in [0.4, 0.5) is 5.69 Å². The van der Waals surface area contributed by atoms with E-state index in [0.717, 1.165) is 31.7 Å². The summed E-state index contributed by atoms with van der Waals surface area (Å²) in [5, 5.41) is 0. The highest BCUT2D eigenvalue weighted by molar-refractivity contribution is 5.79. The van der Waals surface area contributed by atoms with Gasteiger partial charge in [0.25, 0.3) is 0 Å². The topological polar surface area (TPSA) is 15.7 Å². The molecule has 114 valence electrons. The van der Waals surface area contributed by atoms with Crippen molar-refractivity contribution in [1.29, 1.82) is 0 Å². The zero-order chi connectivity index (χ0) is 15.1. The van der Waals surface area contributed by atoms with Gasteiger partial charge < -0.3 is 14.5 Å². The molecule has 0 aliphatic carbocycles. The van der Waals surface area contributed by atoms with Crippen LogP contribution >= 0.6 is 0 Å². The number of nitrogens with zero attached hydrogens (tertiary/aromatic N) is 2. The smallest absolute Gasteiger partial charge is 0.146 e. The van der Waals surface area contributed by atoms with Crippen molar-refractivity contribution in [3.05, 3.63) is 28.8 Å². The molecule has 1 aromatic rings. The molecule has 0 bridgehead atoms. The SMILES string of the molecule is Cc1cc(N(C)C)c2c(c1C1=CCN(C)CC1)C[C@@H](C)O2. The summed E-state index contributed by atoms with van der Waals surface area (Å²) in [5.41, 5.74) is 6.97. The third kappa shape index (κ3) is 2.55. The van der Waals surface area contributed by atoms with Crippen LogP contribution in [0.2, 0.25) is 0 Å². The van der Waals surface area contributed by atoms with E-state index in [1.54, 1.807) is 0 Å². The van der Waals surface area contributed by atoms with Crippen LogP contribution in [-0.4, -0.2) is 45.2 Å². The van der Waals surface area contributed by atoms with Gasteiger partial charge in [-0.2, -0.15) is 0 Å². The molecule has 1 atom stereocenters. The van der Waals surface area contributed by atoms with Gasteiger partial charge in [0, 0.05) is 39.2 Å². The molecule has 2 aliphatic heterocycles. The van der Waals surface area contributed by atoms with E-state index in [4.69, 9.17) is 4.74 Å². The fourth-order valence-corrected chi connectivity index (χ4v) is 3.48. The molecule has 0 amide bonds. The largest absolute Gasteiger partial charge is 0.488 e. The Labute approximate surface area is 128 Å². The van der Waals surface area contributed by atoms with Crippen molar-refractivity contribution < 1.29 is 4.74 Å². The number of likely N-dealkylation sites (N-methyl/N-ethyl adjacent to an activating group) is 1. The van der Waals surface area contributed by atoms with Crippen LogP contribution in [0.1, 0.15) is 30.0 Å². The van der Waals surface area contributed by atoms with E-state index in [1.165, 1.54) is 28.0 Å². The molecule has 1 aromatic carbocycles. The van der Waals surface area contributed by atoms with Crippen molar-refractivity contribution >= 4 is 11.3 Å². The second kappa shape index (κ2) is 5.38. The van der Waals surface area contributed by atoms with E-state index < -0.39 is 0 Å². The van der Waals surface area contributed by atoms with Gasteiger partial charge in [-0.05, 0) is 50.1 Å². The van der Waals surface area contributed by atoms with E-state index in [9.17, 15) is 0 Å². The first-order valence-electron chi connectivity index (χ1n) is 7.85. The van der Waals surface area contributed by atoms with Gasteiger partial charge in [0.2, 0.25) is 0 Å². The molecule has 0 spiro atoms. The van der Waals surface area contributed by atoms with Gasteiger partial charge in [0.15, 0.2) is 0 Å². The fraction of sp³-hybridized carbons (Fsp3) is 0.556. The van der Waals surface area contributed by atoms with Crippen molar-refractivity contribution in [2.45, 2.75) is 32.8 Å². The van der Waals surface area contributed by atoms with Crippen molar-refractivity contribution in [3.8, 4) is 5.75 Å². The molecule has 3 heteroatoms. The summed E-state index contributed by atoms with van der Waals surface area (Å²) in [5.74, 6) is 1.10. The van der Waals surface area contributed by atoms with Gasteiger partial charge in [0.05, 0.1) is 5.69 Å². The number of ether oxygens (including phenoxy) is 1. The number of hydrogen-bond donors (Lipinski definition) is 0. The standard InChI is InChI=1S/C18H26N2O/c1-12-10-16(19(3)4)18-15(11-13(2)21-18)17(12)14-6-8-20(5)9-7-14/h6,10,13H,7-9,11H2,1-5H3/t13-/m1/s1. The Hall–Kier alpha value is -1.48. The Kier molecular flexibility index (Phi) is 3.70. The maximum Gasteiger partial charge on any atom is 0.146 e. The van der Waals surface area contributed by atoms with E-state index in [2.05, 4.69) is 56.9 Å². The Bertz CT molecular complexity index is 589. The molecular formula is C18H26N2O. The van der Waals surface area contributed by atoms with Crippen LogP contribution in [0, 0.1) is 6.92 Å². The molecule has 2 aliphatic rings. The van der Waals surface area contributed by atoms with E-state index in [1.807, 2.05) is 0 Å². The average Bonchev–Trinajstić information content (AvgIpc) is 2.80. The fourth-order valence-electron chi connectivity index (χ4n) is 3.48. The van der Waals surface area contributed by atoms with Crippen LogP contribution in [0.5, 0.6) is 5.75 Å². The van der Waals surface area contributed by atoms with Crippen molar-refractivity contribution in [1.82, 2.24) is 4.90 Å². The van der Waals surface area contributed by atoms with Crippen molar-refractivity contribution in [2.24, 2.45) is 0 Å². The minimum absolute atomic E-state index is 0.283. The molecule has 21 heavy (non-hydrogen) atoms. The monoisotopic (exact) mass is 286 g/mol. The summed E-state index contributed by atoms with van der Waals surface area (Å²) in [6, 6.07) is 2.28. The molecule has 0 unspecified atom stereocenters. The van der Waals surface area contributed by atoms with Gasteiger partial charge >= 0.3 is 0 Å². The Balaban J connectivity index is 2.12. The van der Waals surface area contributed by atoms with Gasteiger partial charge in [-0.15, -0.1) is 0 Å². The Morgan fingerprint density at radius 1 is 1.33 bits per heavy atom. The summed E-state index contributed by atoms with van der Waals surface area (Å²) in [6.45, 7) is 6.60. The van der Waals surface area contributed by atoms with Crippen molar-refractivity contribution in [2.75, 3.05) is 39.1 Å². The average molecular weight is 286 g/mol. The van der Waals surface area contributed by atoms with Crippen LogP contribution < -0.4 is 9.64 Å². The minimum Gasteiger partial charge on any atom is -0.488 e. The highest BCUT2D eigenvalue weighted by Gasteiger charge is 2.29. The maximum absolute atomic E-state index is 6.13. The zero-order valence-electron chi connectivity index (χ0n) is 13.9. The molecular weight excluding hydrogens is 260 g/mol. The van der Waals surface area contributed by atoms with Crippen molar-refractivity contribution in [3.63, 3.8) is 0 Å². The lowest BCUT2D eigenvalue weighted by Crippen LogP contribution is -2.24. The quantitative estimate of drug-likeness (QED) is 0.831. The van der Waals surface area contributed by atoms with Crippen LogP contribution in [0.3, 0.4) is 0 Å². The number of fused-ring (bicyclic) bond motifs is 1. The first kappa shape index (κ1) is 14.5. The lowest BCUT2D eigenvalue weighted by Gasteiger charge is -2.26. The molecule has 0 fully saturated rings. The van der Waals surface area contributed by atoms with Gasteiger partial charge in [-0.1, -0.05) is 6.08 Å². The summed E-state index contributed by atoms with van der Waals surface area (Å²) in [7, 11) is 6.37. The Morgan fingerprint density at radius 2 is 2.10 bits per heavy atom. The predicted molar refractivity (Wildman–Crippen MR) is 89.4 cm³/mol. The zero-order valence-corrected chi connectivity index (χ0v) is 13.9. The van der Waals surface area contributed by atoms with Crippen LogP contribution in [-0.2, 0) is 6.42 Å². The number of anilines is 1. The number of benzene rings is 1. The highest BCUT2D eigenvalue weighted by Crippen LogP contribution is 2.44. The maximum atomic E-state index is 6.13. The van der Waals surface area contributed by atoms with E-state index >= 15 is 0 Å². The lowest BCUT2D eigenvalue weighted by atomic mass is 9.88. The highest BCUT2D eigenvalue weighted by atomic mass is 16.5. The second-order valence-corrected chi connectivity index (χ2v) is 6.66. The van der Waals surface area contributed by atoms with Crippen LogP contribution in [0.25, 0.3) is 5.57 Å². The van der Waals surface area contributed by atoms with Gasteiger partial charge in [-0.3, -0.25) is 0 Å². The first-order chi connectivity index (χ1) is 9.97. The summed E-state index contributed by atoms with van der Waals surface area (Å²) in [6.07, 6.45) is 4.84. The van der Waals surface area contributed by atoms with Gasteiger partial charge in [0.1, 0.15) is 11.9 Å². The molecule has 2 heterocycles. The van der Waals surface area contributed by atoms with Crippen LogP contribution in [0.15, 0.2) is 12.1 Å². The first-order valence-corrected chi connectivity index (χ1v) is 7.85. The minimum atomic E-state index is 0.283. The second-order valence-electron chi connectivity index (χ2n) is 6.66. The molecule has 0 saturated heterocycles. The lowest BCUT2D eigenvalue weighted by molar-refractivity contribution is 0.255. The molecule has 3 rings (SSSR count). The third-order valence-corrected chi connectivity index (χ3v) is 4.58. The number of aryl methyl sites for hydroxylation is 1. The molecule has 3 nitrogen and oxygen atoms in total. The van der Waals surface area contributed by atoms with E-state index in [0.29, 0.717) is 0 Å². The number of rotatable bonds is 2. The van der Waals surface area contributed by atoms with Gasteiger partial charge in [-0.25, -0.2) is 0 Å². The molecule has 0 radical (unpaired) electrons. The number of hydrogen-bond acceptors (Lipinski definition) is 3. The summed E-state index contributed by atoms with van der Waals surface area (Å²) in [4.78, 5) is 4.53. The molecule has 0 aromatic heterocycles. The molecule has 0 saturated carbocycles. The Morgan fingerprint density at radius 3 is 2.71 bits per heavy atom. The summed E-state index contributed by atoms with van der Waals surface area (Å²) >= 11 is 0. The summed E-state index contributed by atoms with van der Waals surface area (Å²) < 4.78 is 6.13. The van der Waals surface area contributed by atoms with E-state index in [-0.39, 0.29) is 6.10 Å². The normalized spacial score (nSPS) is 21.8.